The molecule has 0 bridgehead atoms. The zero-order valence-corrected chi connectivity index (χ0v) is 11.1. The largest absolute Gasteiger partial charge is 0.481 e. The molecule has 0 aliphatic rings. The molecule has 0 aliphatic carbocycles. The summed E-state index contributed by atoms with van der Waals surface area (Å²) in [7, 11) is 0. The number of carbonyl (C=O) groups is 1. The molecule has 1 atom stereocenters. The summed E-state index contributed by atoms with van der Waals surface area (Å²) in [5.74, 6) is -0.827. The number of benzene rings is 2. The first kappa shape index (κ1) is 14.2. The van der Waals surface area contributed by atoms with Gasteiger partial charge in [0.05, 0.1) is 6.42 Å². The van der Waals surface area contributed by atoms with Crippen LogP contribution in [0.3, 0.4) is 0 Å². The van der Waals surface area contributed by atoms with Gasteiger partial charge in [0.2, 0.25) is 0 Å². The van der Waals surface area contributed by atoms with Crippen LogP contribution in [0.5, 0.6) is 0 Å². The summed E-state index contributed by atoms with van der Waals surface area (Å²) in [4.78, 5) is 10.7. The number of carboxylic acid groups (broad SMARTS) is 1. The minimum absolute atomic E-state index is 0.0317. The minimum Gasteiger partial charge on any atom is -0.481 e. The topological polar surface area (TPSA) is 89.3 Å². The van der Waals surface area contributed by atoms with Crippen LogP contribution in [0.25, 0.3) is 11.1 Å². The minimum atomic E-state index is -0.827. The van der Waals surface area contributed by atoms with Crippen LogP contribution in [0.2, 0.25) is 0 Å². The molecule has 2 aromatic rings. The third-order valence-corrected chi connectivity index (χ3v) is 3.21. The molecule has 0 aliphatic heterocycles. The van der Waals surface area contributed by atoms with Crippen LogP contribution in [0.15, 0.2) is 48.5 Å². The van der Waals surface area contributed by atoms with Crippen LogP contribution in [0, 0.1) is 0 Å². The maximum atomic E-state index is 10.7. The third-order valence-electron chi connectivity index (χ3n) is 3.21. The van der Waals surface area contributed by atoms with E-state index >= 15 is 0 Å². The smallest absolute Gasteiger partial charge is 0.307 e. The molecule has 2 aromatic carbocycles. The third kappa shape index (κ3) is 3.44. The molecule has 2 rings (SSSR count). The lowest BCUT2D eigenvalue weighted by Crippen LogP contribution is -2.20. The van der Waals surface area contributed by atoms with Crippen molar-refractivity contribution in [3.05, 3.63) is 59.7 Å². The van der Waals surface area contributed by atoms with Crippen LogP contribution >= 0.6 is 0 Å². The van der Waals surface area contributed by atoms with Crippen LogP contribution < -0.4 is 11.5 Å². The first-order chi connectivity index (χ1) is 9.60. The Morgan fingerprint density at radius 3 is 2.40 bits per heavy atom. The molecule has 104 valence electrons. The summed E-state index contributed by atoms with van der Waals surface area (Å²) >= 11 is 0. The van der Waals surface area contributed by atoms with Crippen LogP contribution in [-0.4, -0.2) is 17.6 Å². The SMILES string of the molecule is NCC(N)c1ccc(-c2cccc(CC(=O)O)c2)cc1. The van der Waals surface area contributed by atoms with E-state index in [9.17, 15) is 4.79 Å². The quantitative estimate of drug-likeness (QED) is 0.774. The van der Waals surface area contributed by atoms with Gasteiger partial charge in [0.1, 0.15) is 0 Å². The van der Waals surface area contributed by atoms with E-state index in [1.165, 1.54) is 0 Å². The Bertz CT molecular complexity index is 594. The van der Waals surface area contributed by atoms with E-state index in [4.69, 9.17) is 16.6 Å². The summed E-state index contributed by atoms with van der Waals surface area (Å²) < 4.78 is 0. The number of hydrogen-bond donors (Lipinski definition) is 3. The molecule has 0 amide bonds. The van der Waals surface area contributed by atoms with Crippen molar-refractivity contribution in [3.8, 4) is 11.1 Å². The van der Waals surface area contributed by atoms with E-state index in [-0.39, 0.29) is 12.5 Å². The number of carboxylic acids is 1. The van der Waals surface area contributed by atoms with Gasteiger partial charge in [-0.05, 0) is 22.3 Å². The normalized spacial score (nSPS) is 12.1. The number of rotatable bonds is 5. The van der Waals surface area contributed by atoms with E-state index in [0.29, 0.717) is 6.54 Å². The van der Waals surface area contributed by atoms with Gasteiger partial charge in [-0.15, -0.1) is 0 Å². The molecule has 0 fully saturated rings. The standard InChI is InChI=1S/C16H18N2O2/c17-10-15(18)13-6-4-12(5-7-13)14-3-1-2-11(8-14)9-16(19)20/h1-8,15H,9-10,17-18H2,(H,19,20). The Hall–Kier alpha value is -2.17. The maximum Gasteiger partial charge on any atom is 0.307 e. The van der Waals surface area contributed by atoms with E-state index in [1.807, 2.05) is 48.5 Å². The van der Waals surface area contributed by atoms with Gasteiger partial charge in [-0.2, -0.15) is 0 Å². The highest BCUT2D eigenvalue weighted by Crippen LogP contribution is 2.22. The van der Waals surface area contributed by atoms with Crippen molar-refractivity contribution < 1.29 is 9.90 Å². The Kier molecular flexibility index (Phi) is 4.50. The summed E-state index contributed by atoms with van der Waals surface area (Å²) in [6.45, 7) is 0.410. The van der Waals surface area contributed by atoms with E-state index in [0.717, 1.165) is 22.3 Å². The number of aliphatic carboxylic acids is 1. The van der Waals surface area contributed by atoms with E-state index in [2.05, 4.69) is 0 Å². The van der Waals surface area contributed by atoms with Gasteiger partial charge < -0.3 is 16.6 Å². The van der Waals surface area contributed by atoms with E-state index in [1.54, 1.807) is 0 Å². The molecule has 1 unspecified atom stereocenters. The lowest BCUT2D eigenvalue weighted by molar-refractivity contribution is -0.136. The van der Waals surface area contributed by atoms with Gasteiger partial charge in [0.15, 0.2) is 0 Å². The fourth-order valence-corrected chi connectivity index (χ4v) is 2.09. The first-order valence-corrected chi connectivity index (χ1v) is 6.47. The summed E-state index contributed by atoms with van der Waals surface area (Å²) in [6.07, 6.45) is 0.0317. The second kappa shape index (κ2) is 6.32. The summed E-state index contributed by atoms with van der Waals surface area (Å²) in [6, 6.07) is 15.3. The zero-order chi connectivity index (χ0) is 14.5. The Balaban J connectivity index is 2.25. The fraction of sp³-hybridized carbons (Fsp3) is 0.188. The van der Waals surface area contributed by atoms with Crippen molar-refractivity contribution in [3.63, 3.8) is 0 Å². The molecule has 5 N–H and O–H groups in total. The van der Waals surface area contributed by atoms with Crippen molar-refractivity contribution in [1.82, 2.24) is 0 Å². The fourth-order valence-electron chi connectivity index (χ4n) is 2.09. The van der Waals surface area contributed by atoms with Crippen LogP contribution in [0.1, 0.15) is 17.2 Å². The average Bonchev–Trinajstić information content (AvgIpc) is 2.46. The monoisotopic (exact) mass is 270 g/mol. The molecule has 20 heavy (non-hydrogen) atoms. The predicted molar refractivity (Wildman–Crippen MR) is 79.2 cm³/mol. The van der Waals surface area contributed by atoms with E-state index < -0.39 is 5.97 Å². The van der Waals surface area contributed by atoms with Gasteiger partial charge >= 0.3 is 5.97 Å². The first-order valence-electron chi connectivity index (χ1n) is 6.47. The molecule has 4 heteroatoms. The van der Waals surface area contributed by atoms with Crippen LogP contribution in [-0.2, 0) is 11.2 Å². The van der Waals surface area contributed by atoms with Crippen molar-refractivity contribution in [1.29, 1.82) is 0 Å². The molecule has 0 spiro atoms. The Morgan fingerprint density at radius 2 is 1.80 bits per heavy atom. The van der Waals surface area contributed by atoms with Gasteiger partial charge in [-0.1, -0.05) is 48.5 Å². The summed E-state index contributed by atoms with van der Waals surface area (Å²) in [5, 5.41) is 8.83. The predicted octanol–water partition coefficient (Wildman–Crippen LogP) is 1.94. The molecular weight excluding hydrogens is 252 g/mol. The molecule has 0 heterocycles. The molecule has 4 nitrogen and oxygen atoms in total. The lowest BCUT2D eigenvalue weighted by Gasteiger charge is -2.10. The molecule has 0 aromatic heterocycles. The average molecular weight is 270 g/mol. The zero-order valence-electron chi connectivity index (χ0n) is 11.1. The molecule has 0 saturated carbocycles. The van der Waals surface area contributed by atoms with Crippen molar-refractivity contribution >= 4 is 5.97 Å². The van der Waals surface area contributed by atoms with Gasteiger partial charge in [-0.25, -0.2) is 0 Å². The second-order valence-corrected chi connectivity index (χ2v) is 4.74. The van der Waals surface area contributed by atoms with Crippen molar-refractivity contribution in [2.45, 2.75) is 12.5 Å². The Morgan fingerprint density at radius 1 is 1.10 bits per heavy atom. The molecule has 0 saturated heterocycles. The highest BCUT2D eigenvalue weighted by Gasteiger charge is 2.05. The second-order valence-electron chi connectivity index (χ2n) is 4.74. The summed E-state index contributed by atoms with van der Waals surface area (Å²) in [5.41, 5.74) is 15.2. The maximum absolute atomic E-state index is 10.7. The van der Waals surface area contributed by atoms with Crippen LogP contribution in [0.4, 0.5) is 0 Å². The molecular formula is C16H18N2O2. The Labute approximate surface area is 118 Å². The molecule has 0 radical (unpaired) electrons. The number of nitrogens with two attached hydrogens (primary N) is 2. The van der Waals surface area contributed by atoms with Crippen molar-refractivity contribution in [2.75, 3.05) is 6.54 Å². The number of hydrogen-bond acceptors (Lipinski definition) is 3. The van der Waals surface area contributed by atoms with Gasteiger partial charge in [-0.3, -0.25) is 4.79 Å². The van der Waals surface area contributed by atoms with Gasteiger partial charge in [0, 0.05) is 12.6 Å². The highest BCUT2D eigenvalue weighted by molar-refractivity contribution is 5.72. The van der Waals surface area contributed by atoms with Gasteiger partial charge in [0.25, 0.3) is 0 Å². The van der Waals surface area contributed by atoms with Crippen molar-refractivity contribution in [2.24, 2.45) is 11.5 Å². The highest BCUT2D eigenvalue weighted by atomic mass is 16.4. The lowest BCUT2D eigenvalue weighted by atomic mass is 9.99.